The first-order valence-electron chi connectivity index (χ1n) is 6.52. The third-order valence-electron chi connectivity index (χ3n) is 3.94. The van der Waals surface area contributed by atoms with Crippen molar-refractivity contribution in [2.24, 2.45) is 11.8 Å². The van der Waals surface area contributed by atoms with Gasteiger partial charge in [0.2, 0.25) is 5.91 Å². The van der Waals surface area contributed by atoms with E-state index in [-0.39, 0.29) is 44.2 Å². The highest BCUT2D eigenvalue weighted by Gasteiger charge is 2.41. The molecular formula is C12H20ClF3N2O. The Balaban J connectivity index is 0.00000180. The fraction of sp³-hybridized carbons (Fsp3) is 0.917. The van der Waals surface area contributed by atoms with Crippen molar-refractivity contribution in [2.75, 3.05) is 26.2 Å². The van der Waals surface area contributed by atoms with E-state index in [0.717, 1.165) is 19.5 Å². The van der Waals surface area contributed by atoms with E-state index in [1.54, 1.807) is 4.90 Å². The van der Waals surface area contributed by atoms with Gasteiger partial charge in [0, 0.05) is 19.5 Å². The van der Waals surface area contributed by atoms with Gasteiger partial charge in [-0.3, -0.25) is 4.79 Å². The number of carbonyl (C=O) groups excluding carboxylic acids is 1. The van der Waals surface area contributed by atoms with Crippen LogP contribution >= 0.6 is 12.4 Å². The Morgan fingerprint density at radius 2 is 1.84 bits per heavy atom. The number of hydrogen-bond donors (Lipinski definition) is 1. The summed E-state index contributed by atoms with van der Waals surface area (Å²) in [5, 5.41) is 3.19. The third kappa shape index (κ3) is 4.53. The number of hydrogen-bond acceptors (Lipinski definition) is 2. The summed E-state index contributed by atoms with van der Waals surface area (Å²) < 4.78 is 37.5. The molecule has 2 fully saturated rings. The van der Waals surface area contributed by atoms with E-state index in [1.807, 2.05) is 0 Å². The predicted molar refractivity (Wildman–Crippen MR) is 68.2 cm³/mol. The van der Waals surface area contributed by atoms with Crippen molar-refractivity contribution in [3.8, 4) is 0 Å². The molecule has 2 aliphatic rings. The Morgan fingerprint density at radius 3 is 2.32 bits per heavy atom. The molecule has 112 valence electrons. The van der Waals surface area contributed by atoms with Crippen molar-refractivity contribution in [2.45, 2.75) is 31.9 Å². The largest absolute Gasteiger partial charge is 0.391 e. The van der Waals surface area contributed by atoms with Gasteiger partial charge in [-0.1, -0.05) is 0 Å². The Labute approximate surface area is 117 Å². The lowest BCUT2D eigenvalue weighted by Crippen LogP contribution is -2.42. The number of halogens is 4. The maximum atomic E-state index is 12.5. The van der Waals surface area contributed by atoms with Gasteiger partial charge in [0.1, 0.15) is 0 Å². The number of carbonyl (C=O) groups is 1. The van der Waals surface area contributed by atoms with E-state index >= 15 is 0 Å². The van der Waals surface area contributed by atoms with Gasteiger partial charge in [-0.25, -0.2) is 0 Å². The summed E-state index contributed by atoms with van der Waals surface area (Å²) in [6, 6.07) is 0. The summed E-state index contributed by atoms with van der Waals surface area (Å²) in [6.45, 7) is 2.30. The van der Waals surface area contributed by atoms with Crippen molar-refractivity contribution in [3.63, 3.8) is 0 Å². The molecule has 1 atom stereocenters. The maximum absolute atomic E-state index is 12.5. The van der Waals surface area contributed by atoms with E-state index in [1.165, 1.54) is 0 Å². The monoisotopic (exact) mass is 300 g/mol. The van der Waals surface area contributed by atoms with E-state index in [4.69, 9.17) is 0 Å². The molecular weight excluding hydrogens is 281 g/mol. The average molecular weight is 301 g/mol. The van der Waals surface area contributed by atoms with Gasteiger partial charge in [0.05, 0.1) is 5.92 Å². The van der Waals surface area contributed by atoms with Crippen LogP contribution in [-0.4, -0.2) is 43.2 Å². The SMILES string of the molecule is Cl.O=C(CC1CCNC1)N1CCC(C(F)(F)F)CC1. The standard InChI is InChI=1S/C12H19F3N2O.ClH/c13-12(14,15)10-2-5-17(6-3-10)11(18)7-9-1-4-16-8-9;/h9-10,16H,1-8H2;1H. The highest BCUT2D eigenvalue weighted by molar-refractivity contribution is 5.85. The molecule has 2 aliphatic heterocycles. The lowest BCUT2D eigenvalue weighted by molar-refractivity contribution is -0.186. The molecule has 2 heterocycles. The molecule has 0 saturated carbocycles. The second-order valence-corrected chi connectivity index (χ2v) is 5.26. The molecule has 7 heteroatoms. The molecule has 0 aromatic carbocycles. The van der Waals surface area contributed by atoms with Crippen LogP contribution in [0, 0.1) is 11.8 Å². The van der Waals surface area contributed by atoms with Crippen molar-refractivity contribution in [3.05, 3.63) is 0 Å². The number of alkyl halides is 3. The van der Waals surface area contributed by atoms with E-state index in [9.17, 15) is 18.0 Å². The zero-order valence-corrected chi connectivity index (χ0v) is 11.5. The summed E-state index contributed by atoms with van der Waals surface area (Å²) in [5.74, 6) is -0.850. The smallest absolute Gasteiger partial charge is 0.343 e. The summed E-state index contributed by atoms with van der Waals surface area (Å²) in [4.78, 5) is 13.5. The van der Waals surface area contributed by atoms with Crippen LogP contribution in [-0.2, 0) is 4.79 Å². The fourth-order valence-corrected chi connectivity index (χ4v) is 2.72. The van der Waals surface area contributed by atoms with Crippen LogP contribution in [0.25, 0.3) is 0 Å². The Morgan fingerprint density at radius 1 is 1.21 bits per heavy atom. The summed E-state index contributed by atoms with van der Waals surface area (Å²) in [6.07, 6.45) is -2.53. The third-order valence-corrected chi connectivity index (χ3v) is 3.94. The van der Waals surface area contributed by atoms with Gasteiger partial charge in [-0.2, -0.15) is 13.2 Å². The van der Waals surface area contributed by atoms with Gasteiger partial charge in [-0.05, 0) is 38.3 Å². The molecule has 0 radical (unpaired) electrons. The zero-order valence-electron chi connectivity index (χ0n) is 10.7. The predicted octanol–water partition coefficient (Wildman–Crippen LogP) is 2.21. The average Bonchev–Trinajstić information content (AvgIpc) is 2.81. The highest BCUT2D eigenvalue weighted by atomic mass is 35.5. The minimum atomic E-state index is -4.11. The first-order valence-corrected chi connectivity index (χ1v) is 6.52. The normalized spacial score (nSPS) is 25.2. The molecule has 1 unspecified atom stereocenters. The maximum Gasteiger partial charge on any atom is 0.391 e. The number of nitrogens with one attached hydrogen (secondary N) is 1. The molecule has 0 spiro atoms. The molecule has 0 aromatic rings. The van der Waals surface area contributed by atoms with Crippen LogP contribution in [0.2, 0.25) is 0 Å². The van der Waals surface area contributed by atoms with Crippen molar-refractivity contribution < 1.29 is 18.0 Å². The number of rotatable bonds is 2. The van der Waals surface area contributed by atoms with Crippen molar-refractivity contribution in [1.82, 2.24) is 10.2 Å². The molecule has 2 saturated heterocycles. The van der Waals surface area contributed by atoms with Gasteiger partial charge in [0.25, 0.3) is 0 Å². The minimum absolute atomic E-state index is 0. The highest BCUT2D eigenvalue weighted by Crippen LogP contribution is 2.34. The summed E-state index contributed by atoms with van der Waals surface area (Å²) >= 11 is 0. The molecule has 1 N–H and O–H groups in total. The lowest BCUT2D eigenvalue weighted by atomic mass is 9.95. The first kappa shape index (κ1) is 16.6. The van der Waals surface area contributed by atoms with E-state index in [2.05, 4.69) is 5.32 Å². The Bertz CT molecular complexity index is 298. The van der Waals surface area contributed by atoms with Crippen LogP contribution < -0.4 is 5.32 Å². The van der Waals surface area contributed by atoms with Crippen LogP contribution in [0.15, 0.2) is 0 Å². The topological polar surface area (TPSA) is 32.3 Å². The van der Waals surface area contributed by atoms with E-state index < -0.39 is 12.1 Å². The minimum Gasteiger partial charge on any atom is -0.343 e. The van der Waals surface area contributed by atoms with Crippen molar-refractivity contribution in [1.29, 1.82) is 0 Å². The van der Waals surface area contributed by atoms with Crippen LogP contribution in [0.5, 0.6) is 0 Å². The first-order chi connectivity index (χ1) is 8.47. The van der Waals surface area contributed by atoms with Gasteiger partial charge < -0.3 is 10.2 Å². The van der Waals surface area contributed by atoms with Gasteiger partial charge in [-0.15, -0.1) is 12.4 Å². The second kappa shape index (κ2) is 6.79. The van der Waals surface area contributed by atoms with Crippen LogP contribution in [0.1, 0.15) is 25.7 Å². The number of piperidine rings is 1. The number of amides is 1. The van der Waals surface area contributed by atoms with Crippen molar-refractivity contribution >= 4 is 18.3 Å². The van der Waals surface area contributed by atoms with Gasteiger partial charge in [0.15, 0.2) is 0 Å². The van der Waals surface area contributed by atoms with Crippen LogP contribution in [0.3, 0.4) is 0 Å². The van der Waals surface area contributed by atoms with E-state index in [0.29, 0.717) is 12.3 Å². The van der Waals surface area contributed by atoms with Gasteiger partial charge >= 0.3 is 6.18 Å². The molecule has 1 amide bonds. The molecule has 0 aromatic heterocycles. The summed E-state index contributed by atoms with van der Waals surface area (Å²) in [5.41, 5.74) is 0. The summed E-state index contributed by atoms with van der Waals surface area (Å²) in [7, 11) is 0. The molecule has 0 aliphatic carbocycles. The lowest BCUT2D eigenvalue weighted by Gasteiger charge is -2.33. The molecule has 2 rings (SSSR count). The molecule has 0 bridgehead atoms. The second-order valence-electron chi connectivity index (χ2n) is 5.26. The number of likely N-dealkylation sites (tertiary alicyclic amines) is 1. The Hall–Kier alpha value is -0.490. The van der Waals surface area contributed by atoms with Crippen LogP contribution in [0.4, 0.5) is 13.2 Å². The Kier molecular flexibility index (Phi) is 5.92. The zero-order chi connectivity index (χ0) is 13.2. The molecule has 19 heavy (non-hydrogen) atoms. The molecule has 3 nitrogen and oxygen atoms in total. The fourth-order valence-electron chi connectivity index (χ4n) is 2.72. The quantitative estimate of drug-likeness (QED) is 0.848. The number of nitrogens with zero attached hydrogens (tertiary/aromatic N) is 1.